The molecule has 1 saturated carbocycles. The molecule has 1 atom stereocenters. The number of anilines is 1. The predicted molar refractivity (Wildman–Crippen MR) is 82.1 cm³/mol. The van der Waals surface area contributed by atoms with E-state index in [2.05, 4.69) is 10.6 Å². The SMILES string of the molecule is CC(NC(=O)Nc1ccc(/C=C/C(=O)O)cc1)C1CCC1. The molecule has 1 aromatic carbocycles. The predicted octanol–water partition coefficient (Wildman–Crippen LogP) is 3.09. The Morgan fingerprint density at radius 2 is 1.95 bits per heavy atom. The molecule has 112 valence electrons. The van der Waals surface area contributed by atoms with E-state index in [1.807, 2.05) is 6.92 Å². The normalized spacial score (nSPS) is 16.2. The monoisotopic (exact) mass is 288 g/mol. The van der Waals surface area contributed by atoms with Crippen LogP contribution in [0.2, 0.25) is 0 Å². The zero-order chi connectivity index (χ0) is 15.2. The van der Waals surface area contributed by atoms with E-state index in [9.17, 15) is 9.59 Å². The highest BCUT2D eigenvalue weighted by Gasteiger charge is 2.24. The van der Waals surface area contributed by atoms with Crippen molar-refractivity contribution in [2.24, 2.45) is 5.92 Å². The molecule has 0 radical (unpaired) electrons. The summed E-state index contributed by atoms with van der Waals surface area (Å²) in [6, 6.07) is 6.98. The Hall–Kier alpha value is -2.30. The molecule has 0 bridgehead atoms. The molecule has 5 nitrogen and oxygen atoms in total. The average molecular weight is 288 g/mol. The second-order valence-corrected chi connectivity index (χ2v) is 5.37. The topological polar surface area (TPSA) is 78.4 Å². The second kappa shape index (κ2) is 6.92. The maximum atomic E-state index is 11.9. The van der Waals surface area contributed by atoms with Gasteiger partial charge in [0.05, 0.1) is 0 Å². The number of rotatable bonds is 5. The quantitative estimate of drug-likeness (QED) is 0.728. The number of carboxylic acids is 1. The van der Waals surface area contributed by atoms with Gasteiger partial charge in [0.25, 0.3) is 0 Å². The molecule has 1 aromatic rings. The number of hydrogen-bond donors (Lipinski definition) is 3. The van der Waals surface area contributed by atoms with Crippen molar-refractivity contribution in [3.8, 4) is 0 Å². The van der Waals surface area contributed by atoms with E-state index in [1.54, 1.807) is 24.3 Å². The number of benzene rings is 1. The summed E-state index contributed by atoms with van der Waals surface area (Å²) in [4.78, 5) is 22.3. The van der Waals surface area contributed by atoms with E-state index < -0.39 is 5.97 Å². The van der Waals surface area contributed by atoms with Crippen LogP contribution < -0.4 is 10.6 Å². The molecule has 5 heteroatoms. The van der Waals surface area contributed by atoms with E-state index in [4.69, 9.17) is 5.11 Å². The molecule has 0 saturated heterocycles. The van der Waals surface area contributed by atoms with Crippen LogP contribution in [0.3, 0.4) is 0 Å². The maximum absolute atomic E-state index is 11.9. The molecule has 1 unspecified atom stereocenters. The zero-order valence-corrected chi connectivity index (χ0v) is 12.0. The van der Waals surface area contributed by atoms with Gasteiger partial charge in [0, 0.05) is 17.8 Å². The van der Waals surface area contributed by atoms with E-state index in [-0.39, 0.29) is 12.1 Å². The van der Waals surface area contributed by atoms with E-state index in [0.29, 0.717) is 11.6 Å². The van der Waals surface area contributed by atoms with Crippen LogP contribution in [-0.2, 0) is 4.79 Å². The van der Waals surface area contributed by atoms with Gasteiger partial charge in [0.15, 0.2) is 0 Å². The molecule has 0 aliphatic heterocycles. The summed E-state index contributed by atoms with van der Waals surface area (Å²) in [6.45, 7) is 2.03. The minimum atomic E-state index is -0.985. The van der Waals surface area contributed by atoms with Gasteiger partial charge in [0.1, 0.15) is 0 Å². The Labute approximate surface area is 124 Å². The molecule has 21 heavy (non-hydrogen) atoms. The number of hydrogen-bond acceptors (Lipinski definition) is 2. The first-order valence-corrected chi connectivity index (χ1v) is 7.13. The van der Waals surface area contributed by atoms with Crippen LogP contribution >= 0.6 is 0 Å². The summed E-state index contributed by atoms with van der Waals surface area (Å²) in [5.74, 6) is -0.388. The molecule has 2 amide bonds. The van der Waals surface area contributed by atoms with Crippen LogP contribution in [0.15, 0.2) is 30.3 Å². The molecule has 0 heterocycles. The van der Waals surface area contributed by atoms with Crippen molar-refractivity contribution in [3.63, 3.8) is 0 Å². The van der Waals surface area contributed by atoms with Gasteiger partial charge in [-0.3, -0.25) is 0 Å². The summed E-state index contributed by atoms with van der Waals surface area (Å²) >= 11 is 0. The van der Waals surface area contributed by atoms with Gasteiger partial charge < -0.3 is 15.7 Å². The number of urea groups is 1. The minimum absolute atomic E-state index is 0.191. The van der Waals surface area contributed by atoms with Crippen molar-refractivity contribution < 1.29 is 14.7 Å². The lowest BCUT2D eigenvalue weighted by molar-refractivity contribution is -0.131. The number of carbonyl (C=O) groups excluding carboxylic acids is 1. The number of carboxylic acid groups (broad SMARTS) is 1. The minimum Gasteiger partial charge on any atom is -0.478 e. The summed E-state index contributed by atoms with van der Waals surface area (Å²) in [5.41, 5.74) is 1.45. The van der Waals surface area contributed by atoms with Crippen molar-refractivity contribution in [1.29, 1.82) is 0 Å². The van der Waals surface area contributed by atoms with E-state index in [0.717, 1.165) is 11.6 Å². The zero-order valence-electron chi connectivity index (χ0n) is 12.0. The van der Waals surface area contributed by atoms with Crippen molar-refractivity contribution in [3.05, 3.63) is 35.9 Å². The number of nitrogens with one attached hydrogen (secondary N) is 2. The average Bonchev–Trinajstić information content (AvgIpc) is 2.35. The van der Waals surface area contributed by atoms with Crippen molar-refractivity contribution in [2.75, 3.05) is 5.32 Å². The Morgan fingerprint density at radius 3 is 2.48 bits per heavy atom. The first-order valence-electron chi connectivity index (χ1n) is 7.13. The highest BCUT2D eigenvalue weighted by molar-refractivity contribution is 5.90. The highest BCUT2D eigenvalue weighted by atomic mass is 16.4. The largest absolute Gasteiger partial charge is 0.478 e. The number of aliphatic carboxylic acids is 1. The molecule has 1 aliphatic carbocycles. The van der Waals surface area contributed by atoms with Gasteiger partial charge in [-0.2, -0.15) is 0 Å². The van der Waals surface area contributed by atoms with Gasteiger partial charge in [-0.1, -0.05) is 18.6 Å². The standard InChI is InChI=1S/C16H20N2O3/c1-11(13-3-2-4-13)17-16(21)18-14-8-5-12(6-9-14)7-10-15(19)20/h5-11,13H,2-4H2,1H3,(H,19,20)(H2,17,18,21)/b10-7+. The third-order valence-electron chi connectivity index (χ3n) is 3.80. The Balaban J connectivity index is 1.84. The van der Waals surface area contributed by atoms with Crippen LogP contribution in [0.5, 0.6) is 0 Å². The van der Waals surface area contributed by atoms with E-state index in [1.165, 1.54) is 25.3 Å². The molecule has 1 fully saturated rings. The van der Waals surface area contributed by atoms with Crippen LogP contribution in [0.4, 0.5) is 10.5 Å². The van der Waals surface area contributed by atoms with Gasteiger partial charge in [0.2, 0.25) is 0 Å². The summed E-state index contributed by atoms with van der Waals surface area (Å²) in [5, 5.41) is 14.3. The van der Waals surface area contributed by atoms with Gasteiger partial charge >= 0.3 is 12.0 Å². The van der Waals surface area contributed by atoms with Gasteiger partial charge in [-0.25, -0.2) is 9.59 Å². The molecular weight excluding hydrogens is 268 g/mol. The lowest BCUT2D eigenvalue weighted by Gasteiger charge is -2.31. The van der Waals surface area contributed by atoms with Gasteiger partial charge in [-0.15, -0.1) is 0 Å². The number of carbonyl (C=O) groups is 2. The Kier molecular flexibility index (Phi) is 4.98. The first-order chi connectivity index (χ1) is 10.0. The summed E-state index contributed by atoms with van der Waals surface area (Å²) in [6.07, 6.45) is 6.21. The molecule has 2 rings (SSSR count). The van der Waals surface area contributed by atoms with Crippen LogP contribution in [0.25, 0.3) is 6.08 Å². The van der Waals surface area contributed by atoms with Gasteiger partial charge in [-0.05, 0) is 49.5 Å². The van der Waals surface area contributed by atoms with Crippen LogP contribution in [0, 0.1) is 5.92 Å². The highest BCUT2D eigenvalue weighted by Crippen LogP contribution is 2.29. The Morgan fingerprint density at radius 1 is 1.29 bits per heavy atom. The molecule has 0 aromatic heterocycles. The summed E-state index contributed by atoms with van der Waals surface area (Å²) < 4.78 is 0. The van der Waals surface area contributed by atoms with Crippen molar-refractivity contribution >= 4 is 23.8 Å². The second-order valence-electron chi connectivity index (χ2n) is 5.37. The van der Waals surface area contributed by atoms with Crippen LogP contribution in [-0.4, -0.2) is 23.1 Å². The third kappa shape index (κ3) is 4.63. The van der Waals surface area contributed by atoms with E-state index >= 15 is 0 Å². The van der Waals surface area contributed by atoms with Crippen LogP contribution in [0.1, 0.15) is 31.7 Å². The molecule has 0 spiro atoms. The lowest BCUT2D eigenvalue weighted by Crippen LogP contribution is -2.42. The summed E-state index contributed by atoms with van der Waals surface area (Å²) in [7, 11) is 0. The lowest BCUT2D eigenvalue weighted by atomic mass is 9.80. The Bertz CT molecular complexity index is 533. The number of amides is 2. The third-order valence-corrected chi connectivity index (χ3v) is 3.80. The maximum Gasteiger partial charge on any atom is 0.328 e. The smallest absolute Gasteiger partial charge is 0.328 e. The molecule has 3 N–H and O–H groups in total. The fraction of sp³-hybridized carbons (Fsp3) is 0.375. The molecule has 1 aliphatic rings. The van der Waals surface area contributed by atoms with Crippen molar-refractivity contribution in [1.82, 2.24) is 5.32 Å². The first kappa shape index (κ1) is 15.1. The fourth-order valence-corrected chi connectivity index (χ4v) is 2.28. The van der Waals surface area contributed by atoms with Crippen molar-refractivity contribution in [2.45, 2.75) is 32.2 Å². The molecular formula is C16H20N2O3. The fourth-order valence-electron chi connectivity index (χ4n) is 2.28.